The Labute approximate surface area is 113 Å². The molecule has 0 aliphatic carbocycles. The van der Waals surface area contributed by atoms with Gasteiger partial charge in [0.25, 0.3) is 0 Å². The van der Waals surface area contributed by atoms with Crippen LogP contribution in [0.1, 0.15) is 27.7 Å². The zero-order valence-electron chi connectivity index (χ0n) is 11.3. The third kappa shape index (κ3) is 2.68. The smallest absolute Gasteiger partial charge is 0.399 e. The molecule has 1 fully saturated rings. The predicted molar refractivity (Wildman–Crippen MR) is 70.5 cm³/mol. The third-order valence-electron chi connectivity index (χ3n) is 3.69. The molecule has 0 N–H and O–H groups in total. The van der Waals surface area contributed by atoms with Gasteiger partial charge in [-0.2, -0.15) is 8.42 Å². The van der Waals surface area contributed by atoms with Crippen LogP contribution in [0.4, 0.5) is 3.89 Å². The lowest BCUT2D eigenvalue weighted by Crippen LogP contribution is -2.41. The van der Waals surface area contributed by atoms with Crippen LogP contribution in [-0.2, 0) is 19.5 Å². The molecule has 1 heterocycles. The predicted octanol–water partition coefficient (Wildman–Crippen LogP) is 1.64. The topological polar surface area (TPSA) is 52.6 Å². The molecule has 0 radical (unpaired) electrons. The Balaban J connectivity index is 2.26. The van der Waals surface area contributed by atoms with Crippen LogP contribution in [0.2, 0.25) is 0 Å². The fourth-order valence-electron chi connectivity index (χ4n) is 1.77. The van der Waals surface area contributed by atoms with Gasteiger partial charge in [-0.1, -0.05) is 12.1 Å². The minimum absolute atomic E-state index is 0.368. The van der Waals surface area contributed by atoms with Crippen LogP contribution in [0.25, 0.3) is 0 Å². The van der Waals surface area contributed by atoms with Gasteiger partial charge < -0.3 is 9.31 Å². The van der Waals surface area contributed by atoms with Gasteiger partial charge in [0, 0.05) is 0 Å². The minimum atomic E-state index is -4.67. The Hall–Kier alpha value is -0.915. The Kier molecular flexibility index (Phi) is 3.28. The summed E-state index contributed by atoms with van der Waals surface area (Å²) < 4.78 is 45.9. The molecule has 2 rings (SSSR count). The fraction of sp³-hybridized carbons (Fsp3) is 0.500. The van der Waals surface area contributed by atoms with E-state index >= 15 is 0 Å². The van der Waals surface area contributed by atoms with E-state index in [1.807, 2.05) is 27.7 Å². The van der Waals surface area contributed by atoms with Gasteiger partial charge in [-0.05, 0) is 45.3 Å². The lowest BCUT2D eigenvalue weighted by atomic mass is 9.79. The summed E-state index contributed by atoms with van der Waals surface area (Å²) >= 11 is 0. The van der Waals surface area contributed by atoms with Gasteiger partial charge in [0.1, 0.15) is 0 Å². The van der Waals surface area contributed by atoms with E-state index in [0.29, 0.717) is 5.46 Å². The summed E-state index contributed by atoms with van der Waals surface area (Å²) in [6.07, 6.45) is 0. The zero-order chi connectivity index (χ0) is 14.5. The average Bonchev–Trinajstić information content (AvgIpc) is 2.47. The molecule has 19 heavy (non-hydrogen) atoms. The van der Waals surface area contributed by atoms with Crippen LogP contribution in [-0.4, -0.2) is 26.7 Å². The zero-order valence-corrected chi connectivity index (χ0v) is 12.1. The monoisotopic (exact) mass is 286 g/mol. The van der Waals surface area contributed by atoms with E-state index in [-0.39, 0.29) is 4.90 Å². The Bertz CT molecular complexity index is 564. The largest absolute Gasteiger partial charge is 0.494 e. The highest BCUT2D eigenvalue weighted by molar-refractivity contribution is 7.86. The third-order valence-corrected chi connectivity index (χ3v) is 4.52. The van der Waals surface area contributed by atoms with Crippen molar-refractivity contribution in [3.63, 3.8) is 0 Å². The number of rotatable bonds is 2. The Morgan fingerprint density at radius 1 is 1.00 bits per heavy atom. The van der Waals surface area contributed by atoms with E-state index in [1.165, 1.54) is 24.3 Å². The van der Waals surface area contributed by atoms with Crippen molar-refractivity contribution >= 4 is 22.8 Å². The van der Waals surface area contributed by atoms with Crippen molar-refractivity contribution in [2.24, 2.45) is 0 Å². The highest BCUT2D eigenvalue weighted by atomic mass is 32.3. The highest BCUT2D eigenvalue weighted by Crippen LogP contribution is 2.36. The number of hydrogen-bond acceptors (Lipinski definition) is 4. The molecule has 7 heteroatoms. The fourth-order valence-corrected chi connectivity index (χ4v) is 2.23. The van der Waals surface area contributed by atoms with Crippen molar-refractivity contribution in [1.29, 1.82) is 0 Å². The quantitative estimate of drug-likeness (QED) is 0.612. The molecule has 1 aromatic rings. The second-order valence-corrected chi connectivity index (χ2v) is 6.94. The molecule has 0 atom stereocenters. The van der Waals surface area contributed by atoms with Crippen molar-refractivity contribution in [3.05, 3.63) is 24.3 Å². The highest BCUT2D eigenvalue weighted by Gasteiger charge is 2.51. The first-order valence-electron chi connectivity index (χ1n) is 5.93. The van der Waals surface area contributed by atoms with Gasteiger partial charge in [-0.3, -0.25) is 0 Å². The number of benzene rings is 1. The maximum atomic E-state index is 12.8. The minimum Gasteiger partial charge on any atom is -0.399 e. The van der Waals surface area contributed by atoms with Gasteiger partial charge in [-0.25, -0.2) is 0 Å². The van der Waals surface area contributed by atoms with Crippen LogP contribution in [0, 0.1) is 0 Å². The van der Waals surface area contributed by atoms with Crippen LogP contribution in [0.15, 0.2) is 29.2 Å². The maximum absolute atomic E-state index is 12.8. The van der Waals surface area contributed by atoms with Gasteiger partial charge in [0.15, 0.2) is 0 Å². The summed E-state index contributed by atoms with van der Waals surface area (Å²) in [6, 6.07) is 5.40. The first-order chi connectivity index (χ1) is 8.53. The van der Waals surface area contributed by atoms with E-state index in [0.717, 1.165) is 0 Å². The molecule has 0 spiro atoms. The van der Waals surface area contributed by atoms with Gasteiger partial charge in [-0.15, -0.1) is 3.89 Å². The van der Waals surface area contributed by atoms with Gasteiger partial charge in [0.05, 0.1) is 16.1 Å². The molecule has 0 amide bonds. The van der Waals surface area contributed by atoms with Crippen molar-refractivity contribution < 1.29 is 21.6 Å². The molecule has 0 saturated carbocycles. The first-order valence-corrected chi connectivity index (χ1v) is 7.31. The van der Waals surface area contributed by atoms with Crippen molar-refractivity contribution in [1.82, 2.24) is 0 Å². The standard InChI is InChI=1S/C12H16BFO4S/c1-11(2)12(3,4)18-13(17-11)9-5-7-10(8-6-9)19(14,15)16/h5-8H,1-4H3. The van der Waals surface area contributed by atoms with E-state index in [1.54, 1.807) is 0 Å². The molecule has 1 aliphatic heterocycles. The number of hydrogen-bond donors (Lipinski definition) is 0. The molecule has 0 unspecified atom stereocenters. The van der Waals surface area contributed by atoms with E-state index in [4.69, 9.17) is 9.31 Å². The lowest BCUT2D eigenvalue weighted by Gasteiger charge is -2.32. The molecule has 0 aromatic heterocycles. The van der Waals surface area contributed by atoms with Crippen LogP contribution in [0.3, 0.4) is 0 Å². The van der Waals surface area contributed by atoms with Crippen LogP contribution in [0.5, 0.6) is 0 Å². The molecule has 1 aliphatic rings. The molecule has 4 nitrogen and oxygen atoms in total. The van der Waals surface area contributed by atoms with Gasteiger partial charge in [0.2, 0.25) is 0 Å². The normalized spacial score (nSPS) is 21.6. The molecule has 0 bridgehead atoms. The molecular weight excluding hydrogens is 270 g/mol. The summed E-state index contributed by atoms with van der Waals surface area (Å²) in [7, 11) is -5.25. The maximum Gasteiger partial charge on any atom is 0.494 e. The molecular formula is C12H16BFO4S. The SMILES string of the molecule is CC1(C)OB(c2ccc(S(=O)(=O)F)cc2)OC1(C)C. The molecule has 1 aromatic carbocycles. The van der Waals surface area contributed by atoms with Crippen LogP contribution < -0.4 is 5.46 Å². The summed E-state index contributed by atoms with van der Waals surface area (Å²) in [5.74, 6) is 0. The Morgan fingerprint density at radius 3 is 1.79 bits per heavy atom. The van der Waals surface area contributed by atoms with E-state index in [9.17, 15) is 12.3 Å². The van der Waals surface area contributed by atoms with E-state index in [2.05, 4.69) is 0 Å². The first kappa shape index (κ1) is 14.5. The molecule has 104 valence electrons. The summed E-state index contributed by atoms with van der Waals surface area (Å²) in [4.78, 5) is -0.368. The average molecular weight is 286 g/mol. The van der Waals surface area contributed by atoms with Crippen molar-refractivity contribution in [2.75, 3.05) is 0 Å². The van der Waals surface area contributed by atoms with Gasteiger partial charge >= 0.3 is 17.3 Å². The summed E-state index contributed by atoms with van der Waals surface area (Å²) in [5, 5.41) is 0. The van der Waals surface area contributed by atoms with Crippen LogP contribution >= 0.6 is 0 Å². The summed E-state index contributed by atoms with van der Waals surface area (Å²) in [6.45, 7) is 7.70. The second-order valence-electron chi connectivity index (χ2n) is 5.60. The second kappa shape index (κ2) is 4.29. The van der Waals surface area contributed by atoms with E-state index < -0.39 is 28.5 Å². The summed E-state index contributed by atoms with van der Waals surface area (Å²) in [5.41, 5.74) is -0.281. The molecule has 1 saturated heterocycles. The lowest BCUT2D eigenvalue weighted by molar-refractivity contribution is 0.00578. The Morgan fingerprint density at radius 2 is 1.42 bits per heavy atom. The van der Waals surface area contributed by atoms with Crippen molar-refractivity contribution in [3.8, 4) is 0 Å². The number of halogens is 1. The van der Waals surface area contributed by atoms with Crippen molar-refractivity contribution in [2.45, 2.75) is 43.8 Å².